The fourth-order valence-corrected chi connectivity index (χ4v) is 12.1. The van der Waals surface area contributed by atoms with Crippen molar-refractivity contribution in [2.24, 2.45) is 0 Å². The topological polar surface area (TPSA) is 237 Å². The number of carbonyl (C=O) groups is 4. The second-order valence-electron chi connectivity index (χ2n) is 26.0. The molecule has 0 bridgehead atoms. The van der Waals surface area contributed by atoms with E-state index in [1.165, 1.54) is 148 Å². The first-order valence-electron chi connectivity index (χ1n) is 38.5. The average Bonchev–Trinajstić information content (AvgIpc) is 3.12. The number of aliphatic hydroxyl groups excluding tert-OH is 1. The number of carbonyl (C=O) groups excluding carboxylic acids is 4. The fraction of sp³-hybridized carbons (Fsp3) is 0.818. The largest absolute Gasteiger partial charge is 0.472 e. The molecule has 17 nitrogen and oxygen atoms in total. The molecule has 0 fully saturated rings. The summed E-state index contributed by atoms with van der Waals surface area (Å²) < 4.78 is 68.4. The molecule has 0 heterocycles. The number of aliphatic hydroxyl groups is 1. The summed E-state index contributed by atoms with van der Waals surface area (Å²) in [6.45, 7) is 4.81. The van der Waals surface area contributed by atoms with Crippen molar-refractivity contribution >= 4 is 39.5 Å². The van der Waals surface area contributed by atoms with Gasteiger partial charge in [-0.1, -0.05) is 294 Å². The maximum atomic E-state index is 13.1. The van der Waals surface area contributed by atoms with Gasteiger partial charge in [-0.2, -0.15) is 0 Å². The number of ether oxygens (including phenoxy) is 4. The van der Waals surface area contributed by atoms with E-state index in [9.17, 15) is 43.2 Å². The van der Waals surface area contributed by atoms with Crippen LogP contribution in [0.4, 0.5) is 0 Å². The zero-order valence-electron chi connectivity index (χ0n) is 61.1. The van der Waals surface area contributed by atoms with E-state index >= 15 is 0 Å². The van der Waals surface area contributed by atoms with Crippen LogP contribution in [0.15, 0.2) is 60.8 Å². The van der Waals surface area contributed by atoms with Gasteiger partial charge in [0, 0.05) is 25.7 Å². The van der Waals surface area contributed by atoms with E-state index in [4.69, 9.17) is 37.0 Å². The molecule has 0 saturated carbocycles. The first-order chi connectivity index (χ1) is 46.7. The van der Waals surface area contributed by atoms with Crippen LogP contribution in [0.2, 0.25) is 0 Å². The number of hydrogen-bond donors (Lipinski definition) is 3. The molecule has 2 unspecified atom stereocenters. The third kappa shape index (κ3) is 69.2. The average molecular weight is 1400 g/mol. The molecule has 0 radical (unpaired) electrons. The minimum atomic E-state index is -4.98. The lowest BCUT2D eigenvalue weighted by atomic mass is 10.0. The van der Waals surface area contributed by atoms with E-state index in [1.807, 2.05) is 12.2 Å². The Morgan fingerprint density at radius 3 is 0.865 bits per heavy atom. The highest BCUT2D eigenvalue weighted by atomic mass is 31.2. The van der Waals surface area contributed by atoms with Crippen LogP contribution in [0.1, 0.15) is 349 Å². The van der Waals surface area contributed by atoms with Gasteiger partial charge in [0.25, 0.3) is 0 Å². The molecular weight excluding hydrogens is 1260 g/mol. The molecule has 0 aromatic carbocycles. The van der Waals surface area contributed by atoms with Crippen LogP contribution in [0, 0.1) is 0 Å². The monoisotopic (exact) mass is 1400 g/mol. The fourth-order valence-electron chi connectivity index (χ4n) is 10.6. The lowest BCUT2D eigenvalue weighted by Gasteiger charge is -2.21. The van der Waals surface area contributed by atoms with Gasteiger partial charge in [0.15, 0.2) is 12.2 Å². The summed E-state index contributed by atoms with van der Waals surface area (Å²) in [7, 11) is -9.94. The quantitative estimate of drug-likeness (QED) is 0.0169. The van der Waals surface area contributed by atoms with Gasteiger partial charge < -0.3 is 33.8 Å². The molecule has 0 rings (SSSR count). The van der Waals surface area contributed by atoms with Crippen molar-refractivity contribution in [1.29, 1.82) is 0 Å². The minimum Gasteiger partial charge on any atom is -0.462 e. The van der Waals surface area contributed by atoms with Crippen LogP contribution in [0.5, 0.6) is 0 Å². The molecule has 560 valence electrons. The summed E-state index contributed by atoms with van der Waals surface area (Å²) in [5.74, 6) is -2.22. The number of phosphoric ester groups is 2. The van der Waals surface area contributed by atoms with E-state index in [2.05, 4.69) is 76.3 Å². The van der Waals surface area contributed by atoms with Crippen molar-refractivity contribution in [3.05, 3.63) is 60.8 Å². The van der Waals surface area contributed by atoms with Crippen LogP contribution in [-0.2, 0) is 65.4 Å². The summed E-state index contributed by atoms with van der Waals surface area (Å²) in [6.07, 6.45) is 67.8. The number of unbranched alkanes of at least 4 members (excludes halogenated alkanes) is 37. The Labute approximate surface area is 584 Å². The maximum absolute atomic E-state index is 13.1. The highest BCUT2D eigenvalue weighted by Gasteiger charge is 2.30. The lowest BCUT2D eigenvalue weighted by Crippen LogP contribution is -2.30. The predicted molar refractivity (Wildman–Crippen MR) is 390 cm³/mol. The third-order valence-corrected chi connectivity index (χ3v) is 18.4. The summed E-state index contributed by atoms with van der Waals surface area (Å²) in [5, 5.41) is 10.6. The second-order valence-corrected chi connectivity index (χ2v) is 28.9. The van der Waals surface area contributed by atoms with E-state index in [0.717, 1.165) is 116 Å². The second kappa shape index (κ2) is 70.2. The Bertz CT molecular complexity index is 2060. The SMILES string of the molecule is CCCCC/C=C\C/C=C\C/C=C\C/C=C\CCCC(=O)OC[C@H](COP(=O)(O)OC[C@H](O)COP(=O)(O)OC[C@@H](COC(=O)CCCCCCC/C=C\CCCCCC)OC(=O)CCCCCCCCCCCCCCC)OC(=O)CCCCCCCCCCCCCCC. The molecule has 96 heavy (non-hydrogen) atoms. The van der Waals surface area contributed by atoms with Crippen LogP contribution < -0.4 is 0 Å². The molecule has 0 aromatic heterocycles. The number of esters is 4. The Kier molecular flexibility index (Phi) is 67.8. The molecule has 0 aliphatic heterocycles. The van der Waals surface area contributed by atoms with Crippen molar-refractivity contribution < 1.29 is 80.2 Å². The Morgan fingerprint density at radius 2 is 0.521 bits per heavy atom. The molecule has 3 N–H and O–H groups in total. The van der Waals surface area contributed by atoms with E-state index in [-0.39, 0.29) is 25.7 Å². The molecule has 0 spiro atoms. The van der Waals surface area contributed by atoms with Gasteiger partial charge in [0.05, 0.1) is 26.4 Å². The third-order valence-electron chi connectivity index (χ3n) is 16.5. The summed E-state index contributed by atoms with van der Waals surface area (Å²) in [6, 6.07) is 0. The molecule has 0 amide bonds. The smallest absolute Gasteiger partial charge is 0.462 e. The highest BCUT2D eigenvalue weighted by Crippen LogP contribution is 2.45. The highest BCUT2D eigenvalue weighted by molar-refractivity contribution is 7.47. The van der Waals surface area contributed by atoms with Crippen LogP contribution in [-0.4, -0.2) is 96.7 Å². The van der Waals surface area contributed by atoms with Gasteiger partial charge in [-0.15, -0.1) is 0 Å². The van der Waals surface area contributed by atoms with Crippen LogP contribution in [0.3, 0.4) is 0 Å². The van der Waals surface area contributed by atoms with Gasteiger partial charge in [-0.25, -0.2) is 9.13 Å². The molecule has 0 saturated heterocycles. The van der Waals surface area contributed by atoms with Crippen molar-refractivity contribution in [1.82, 2.24) is 0 Å². The first kappa shape index (κ1) is 92.8. The minimum absolute atomic E-state index is 0.0895. The predicted octanol–water partition coefficient (Wildman–Crippen LogP) is 21.9. The summed E-state index contributed by atoms with van der Waals surface area (Å²) in [5.41, 5.74) is 0. The Hall–Kier alpha value is -3.24. The number of hydrogen-bond acceptors (Lipinski definition) is 15. The van der Waals surface area contributed by atoms with E-state index in [0.29, 0.717) is 32.1 Å². The van der Waals surface area contributed by atoms with Crippen molar-refractivity contribution in [2.45, 2.75) is 367 Å². The van der Waals surface area contributed by atoms with Gasteiger partial charge in [0.2, 0.25) is 0 Å². The molecular formula is C77H140O17P2. The van der Waals surface area contributed by atoms with Crippen molar-refractivity contribution in [3.8, 4) is 0 Å². The Balaban J connectivity index is 5.35. The number of phosphoric acid groups is 2. The van der Waals surface area contributed by atoms with E-state index in [1.54, 1.807) is 0 Å². The van der Waals surface area contributed by atoms with Gasteiger partial charge in [-0.05, 0) is 89.9 Å². The van der Waals surface area contributed by atoms with Gasteiger partial charge >= 0.3 is 39.5 Å². The molecule has 19 heteroatoms. The molecule has 5 atom stereocenters. The molecule has 0 aromatic rings. The zero-order chi connectivity index (χ0) is 70.4. The maximum Gasteiger partial charge on any atom is 0.472 e. The van der Waals surface area contributed by atoms with Crippen LogP contribution in [0.25, 0.3) is 0 Å². The van der Waals surface area contributed by atoms with Crippen molar-refractivity contribution in [3.63, 3.8) is 0 Å². The summed E-state index contributed by atoms with van der Waals surface area (Å²) >= 11 is 0. The normalized spacial score (nSPS) is 14.3. The molecule has 0 aliphatic rings. The standard InChI is InChI=1S/C77H140O17P2/c1-5-9-13-17-21-25-29-33-34-35-36-40-42-46-50-54-58-62-75(80)88-68-73(94-77(82)64-60-56-52-48-44-39-32-28-24-20-16-12-8-4)70-92-96(85,86)90-66-71(78)65-89-95(83,84)91-69-72(93-76(81)63-59-55-51-47-43-38-31-27-23-19-15-11-7-3)67-87-74(79)61-57-53-49-45-41-37-30-26-22-18-14-10-6-2/h21,25-26,30,33-34,36,40,46,50,71-73,78H,5-20,22-24,27-29,31-32,35,37-39,41-45,47-49,51-70H2,1-4H3,(H,83,84)(H,85,86)/b25-21-,30-26-,34-33-,40-36-,50-46-/t71-,72-,73-/m1/s1. The number of rotatable bonds is 73. The first-order valence-corrected chi connectivity index (χ1v) is 41.5. The van der Waals surface area contributed by atoms with E-state index < -0.39 is 97.5 Å². The summed E-state index contributed by atoms with van der Waals surface area (Å²) in [4.78, 5) is 72.8. The van der Waals surface area contributed by atoms with Gasteiger partial charge in [0.1, 0.15) is 19.3 Å². The Morgan fingerprint density at radius 1 is 0.292 bits per heavy atom. The van der Waals surface area contributed by atoms with Crippen LogP contribution >= 0.6 is 15.6 Å². The molecule has 0 aliphatic carbocycles. The lowest BCUT2D eigenvalue weighted by molar-refractivity contribution is -0.161. The zero-order valence-corrected chi connectivity index (χ0v) is 62.8. The van der Waals surface area contributed by atoms with Gasteiger partial charge in [-0.3, -0.25) is 37.3 Å². The number of allylic oxidation sites excluding steroid dienone is 10. The van der Waals surface area contributed by atoms with Crippen molar-refractivity contribution in [2.75, 3.05) is 39.6 Å².